The molecule has 0 atom stereocenters. The summed E-state index contributed by atoms with van der Waals surface area (Å²) in [5.74, 6) is 0.138. The van der Waals surface area contributed by atoms with E-state index in [4.69, 9.17) is 15.7 Å². The van der Waals surface area contributed by atoms with Gasteiger partial charge in [-0.15, -0.1) is 0 Å². The Morgan fingerprint density at radius 2 is 2.21 bits per heavy atom. The van der Waals surface area contributed by atoms with Gasteiger partial charge in [0.15, 0.2) is 5.84 Å². The number of hydrogen-bond acceptors (Lipinski definition) is 4. The molecule has 19 heavy (non-hydrogen) atoms. The number of hydrogen-bond donors (Lipinski definition) is 3. The number of nitrogens with one attached hydrogen (secondary N) is 1. The fraction of sp³-hybridized carbons (Fsp3) is 0.500. The number of rotatable bonds is 4. The summed E-state index contributed by atoms with van der Waals surface area (Å²) in [4.78, 5) is 0. The summed E-state index contributed by atoms with van der Waals surface area (Å²) in [6.45, 7) is 4.62. The molecule has 0 aromatic heterocycles. The molecule has 5 nitrogen and oxygen atoms in total. The monoisotopic (exact) mass is 263 g/mol. The zero-order valence-corrected chi connectivity index (χ0v) is 11.2. The molecule has 4 N–H and O–H groups in total. The summed E-state index contributed by atoms with van der Waals surface area (Å²) < 4.78 is 5.38. The van der Waals surface area contributed by atoms with Crippen LogP contribution in [0.4, 0.5) is 0 Å². The van der Waals surface area contributed by atoms with Crippen LogP contribution in [0.2, 0.25) is 0 Å². The lowest BCUT2D eigenvalue weighted by molar-refractivity contribution is 0.0446. The standard InChI is InChI=1S/C14H21N3O2/c1-14(5-7-19-8-6-14)16-10-11-3-2-4-12(9-11)13(15)17-18/h2-4,9,16,18H,5-8,10H2,1H3,(H2,15,17). The Morgan fingerprint density at radius 3 is 2.89 bits per heavy atom. The quantitative estimate of drug-likeness (QED) is 0.332. The molecule has 0 bridgehead atoms. The van der Waals surface area contributed by atoms with E-state index in [0.29, 0.717) is 0 Å². The summed E-state index contributed by atoms with van der Waals surface area (Å²) in [7, 11) is 0. The molecule has 0 radical (unpaired) electrons. The topological polar surface area (TPSA) is 79.9 Å². The fourth-order valence-corrected chi connectivity index (χ4v) is 2.21. The molecule has 0 aliphatic carbocycles. The lowest BCUT2D eigenvalue weighted by atomic mass is 9.92. The van der Waals surface area contributed by atoms with Crippen LogP contribution in [0, 0.1) is 0 Å². The Morgan fingerprint density at radius 1 is 1.47 bits per heavy atom. The van der Waals surface area contributed by atoms with Crippen molar-refractivity contribution < 1.29 is 9.94 Å². The predicted octanol–water partition coefficient (Wildman–Crippen LogP) is 1.44. The first-order valence-corrected chi connectivity index (χ1v) is 6.53. The van der Waals surface area contributed by atoms with Crippen LogP contribution in [0.25, 0.3) is 0 Å². The first-order chi connectivity index (χ1) is 9.13. The molecular weight excluding hydrogens is 242 g/mol. The average Bonchev–Trinajstić information content (AvgIpc) is 2.45. The van der Waals surface area contributed by atoms with Crippen LogP contribution in [0.1, 0.15) is 30.9 Å². The zero-order valence-electron chi connectivity index (χ0n) is 11.2. The number of ether oxygens (including phenoxy) is 1. The first-order valence-electron chi connectivity index (χ1n) is 6.53. The molecule has 0 amide bonds. The highest BCUT2D eigenvalue weighted by molar-refractivity contribution is 5.97. The van der Waals surface area contributed by atoms with Crippen molar-refractivity contribution in [2.24, 2.45) is 10.9 Å². The van der Waals surface area contributed by atoms with Crippen molar-refractivity contribution in [1.29, 1.82) is 0 Å². The molecule has 0 spiro atoms. The van der Waals surface area contributed by atoms with Gasteiger partial charge < -0.3 is 21.0 Å². The summed E-state index contributed by atoms with van der Waals surface area (Å²) in [6.07, 6.45) is 2.04. The van der Waals surface area contributed by atoms with E-state index in [1.54, 1.807) is 0 Å². The van der Waals surface area contributed by atoms with Crippen molar-refractivity contribution in [2.45, 2.75) is 31.8 Å². The SMILES string of the molecule is CC1(NCc2cccc(/C(N)=N/O)c2)CCOCC1. The highest BCUT2D eigenvalue weighted by Gasteiger charge is 2.26. The van der Waals surface area contributed by atoms with Crippen molar-refractivity contribution in [3.63, 3.8) is 0 Å². The molecule has 1 aliphatic heterocycles. The molecule has 0 unspecified atom stereocenters. The van der Waals surface area contributed by atoms with E-state index in [0.717, 1.165) is 43.7 Å². The Labute approximate surface area is 113 Å². The lowest BCUT2D eigenvalue weighted by Crippen LogP contribution is -2.46. The van der Waals surface area contributed by atoms with Crippen LogP contribution in [0.3, 0.4) is 0 Å². The average molecular weight is 263 g/mol. The van der Waals surface area contributed by atoms with Gasteiger partial charge in [-0.25, -0.2) is 0 Å². The summed E-state index contributed by atoms with van der Waals surface area (Å²) in [5, 5.41) is 15.3. The van der Waals surface area contributed by atoms with Gasteiger partial charge >= 0.3 is 0 Å². The third-order valence-corrected chi connectivity index (χ3v) is 3.65. The Kier molecular flexibility index (Phi) is 4.39. The minimum absolute atomic E-state index is 0.130. The van der Waals surface area contributed by atoms with Crippen molar-refractivity contribution in [3.8, 4) is 0 Å². The Hall–Kier alpha value is -1.59. The third kappa shape index (κ3) is 3.68. The van der Waals surface area contributed by atoms with E-state index in [1.807, 2.05) is 24.3 Å². The Bertz CT molecular complexity index is 454. The van der Waals surface area contributed by atoms with E-state index in [-0.39, 0.29) is 11.4 Å². The van der Waals surface area contributed by atoms with Crippen LogP contribution in [0.15, 0.2) is 29.4 Å². The second kappa shape index (κ2) is 6.04. The van der Waals surface area contributed by atoms with Crippen LogP contribution < -0.4 is 11.1 Å². The van der Waals surface area contributed by atoms with Gasteiger partial charge in [-0.3, -0.25) is 0 Å². The van der Waals surface area contributed by atoms with Gasteiger partial charge in [-0.05, 0) is 31.4 Å². The predicted molar refractivity (Wildman–Crippen MR) is 74.3 cm³/mol. The minimum atomic E-state index is 0.130. The molecule has 1 aliphatic rings. The smallest absolute Gasteiger partial charge is 0.170 e. The van der Waals surface area contributed by atoms with Gasteiger partial charge in [0, 0.05) is 30.9 Å². The van der Waals surface area contributed by atoms with E-state index in [2.05, 4.69) is 17.4 Å². The zero-order chi connectivity index (χ0) is 13.7. The van der Waals surface area contributed by atoms with Gasteiger partial charge in [0.25, 0.3) is 0 Å². The summed E-state index contributed by atoms with van der Waals surface area (Å²) in [6, 6.07) is 7.71. The van der Waals surface area contributed by atoms with E-state index >= 15 is 0 Å². The number of amidine groups is 1. The number of nitrogens with zero attached hydrogens (tertiary/aromatic N) is 1. The third-order valence-electron chi connectivity index (χ3n) is 3.65. The van der Waals surface area contributed by atoms with Gasteiger partial charge in [-0.1, -0.05) is 23.4 Å². The molecule has 5 heteroatoms. The van der Waals surface area contributed by atoms with Crippen molar-refractivity contribution in [2.75, 3.05) is 13.2 Å². The normalized spacial score (nSPS) is 19.3. The van der Waals surface area contributed by atoms with Crippen LogP contribution >= 0.6 is 0 Å². The molecule has 1 aromatic rings. The number of nitrogens with two attached hydrogens (primary N) is 1. The number of oxime groups is 1. The minimum Gasteiger partial charge on any atom is -0.409 e. The second-order valence-corrected chi connectivity index (χ2v) is 5.21. The van der Waals surface area contributed by atoms with Crippen molar-refractivity contribution in [1.82, 2.24) is 5.32 Å². The fourth-order valence-electron chi connectivity index (χ4n) is 2.21. The largest absolute Gasteiger partial charge is 0.409 e. The van der Waals surface area contributed by atoms with Gasteiger partial charge in [0.1, 0.15) is 0 Å². The molecular formula is C14H21N3O2. The molecule has 1 saturated heterocycles. The van der Waals surface area contributed by atoms with Crippen molar-refractivity contribution >= 4 is 5.84 Å². The number of benzene rings is 1. The molecule has 1 aromatic carbocycles. The summed E-state index contributed by atoms with van der Waals surface area (Å²) in [5.41, 5.74) is 7.58. The maximum absolute atomic E-state index is 8.69. The van der Waals surface area contributed by atoms with Gasteiger partial charge in [0.2, 0.25) is 0 Å². The van der Waals surface area contributed by atoms with E-state index in [1.165, 1.54) is 0 Å². The van der Waals surface area contributed by atoms with E-state index < -0.39 is 0 Å². The van der Waals surface area contributed by atoms with E-state index in [9.17, 15) is 0 Å². The molecule has 104 valence electrons. The molecule has 2 rings (SSSR count). The first kappa shape index (κ1) is 13.8. The molecule has 1 fully saturated rings. The maximum atomic E-state index is 8.69. The van der Waals surface area contributed by atoms with Crippen LogP contribution in [0.5, 0.6) is 0 Å². The van der Waals surface area contributed by atoms with Crippen LogP contribution in [-0.2, 0) is 11.3 Å². The van der Waals surface area contributed by atoms with Gasteiger partial charge in [0.05, 0.1) is 0 Å². The summed E-state index contributed by atoms with van der Waals surface area (Å²) >= 11 is 0. The van der Waals surface area contributed by atoms with Crippen molar-refractivity contribution in [3.05, 3.63) is 35.4 Å². The lowest BCUT2D eigenvalue weighted by Gasteiger charge is -2.34. The van der Waals surface area contributed by atoms with Gasteiger partial charge in [-0.2, -0.15) is 0 Å². The Balaban J connectivity index is 1.99. The molecule has 0 saturated carbocycles. The highest BCUT2D eigenvalue weighted by Crippen LogP contribution is 2.20. The van der Waals surface area contributed by atoms with Crippen LogP contribution in [-0.4, -0.2) is 29.8 Å². The maximum Gasteiger partial charge on any atom is 0.170 e. The second-order valence-electron chi connectivity index (χ2n) is 5.21. The highest BCUT2D eigenvalue weighted by atomic mass is 16.5. The molecule has 1 heterocycles.